The van der Waals surface area contributed by atoms with Crippen LogP contribution in [-0.2, 0) is 48.4 Å². The van der Waals surface area contributed by atoms with Crippen LogP contribution in [0.5, 0.6) is 0 Å². The summed E-state index contributed by atoms with van der Waals surface area (Å²) in [6.45, 7) is 3.67. The third-order valence-electron chi connectivity index (χ3n) is 13.2. The maximum atomic E-state index is 14.6. The number of rotatable bonds is 17. The van der Waals surface area contributed by atoms with E-state index in [1.165, 1.54) is 101 Å². The number of benzene rings is 3. The third-order valence-corrected chi connectivity index (χ3v) is 14.7. The van der Waals surface area contributed by atoms with Gasteiger partial charge in [0, 0.05) is 84.7 Å². The van der Waals surface area contributed by atoms with E-state index in [1.807, 2.05) is 6.92 Å². The Morgan fingerprint density at radius 2 is 1.30 bits per heavy atom. The highest BCUT2D eigenvalue weighted by atomic mass is 32.2. The number of hydrogen-bond acceptors (Lipinski definition) is 16. The molecule has 4 fully saturated rings. The van der Waals surface area contributed by atoms with Crippen LogP contribution in [0.4, 0.5) is 26.7 Å². The number of aliphatic hydroxyl groups is 1. The lowest BCUT2D eigenvalue weighted by Gasteiger charge is -2.46. The third kappa shape index (κ3) is 10.5. The summed E-state index contributed by atoms with van der Waals surface area (Å²) in [7, 11) is 0. The topological polar surface area (TPSA) is 276 Å². The number of esters is 1. The predicted molar refractivity (Wildman–Crippen MR) is 242 cm³/mol. The molecule has 22 nitrogen and oxygen atoms in total. The van der Waals surface area contributed by atoms with Crippen molar-refractivity contribution in [3.8, 4) is 0 Å². The molecule has 4 aliphatic heterocycles. The minimum Gasteiger partial charge on any atom is -0.456 e. The molecule has 3 saturated heterocycles. The molecule has 8 rings (SSSR count). The molecule has 4 amide bonds. The van der Waals surface area contributed by atoms with Gasteiger partial charge in [0.15, 0.2) is 0 Å². The maximum absolute atomic E-state index is 14.6. The average molecular weight is 972 g/mol. The Labute approximate surface area is 398 Å². The number of nitro groups is 3. The first-order chi connectivity index (χ1) is 33.0. The number of amides is 4. The van der Waals surface area contributed by atoms with E-state index in [-0.39, 0.29) is 80.0 Å². The predicted octanol–water partition coefficient (Wildman–Crippen LogP) is 5.69. The highest BCUT2D eigenvalue weighted by molar-refractivity contribution is 8.03. The maximum Gasteiger partial charge on any atom is 0.410 e. The number of ether oxygens (including phenoxy) is 3. The van der Waals surface area contributed by atoms with Crippen LogP contribution >= 0.6 is 11.8 Å². The van der Waals surface area contributed by atoms with E-state index in [0.29, 0.717) is 41.1 Å². The van der Waals surface area contributed by atoms with Crippen molar-refractivity contribution in [1.82, 2.24) is 19.6 Å². The zero-order valence-corrected chi connectivity index (χ0v) is 38.3. The molecule has 3 aromatic rings. The summed E-state index contributed by atoms with van der Waals surface area (Å²) in [6.07, 6.45) is -0.0982. The number of aliphatic hydroxyl groups excluding tert-OH is 1. The van der Waals surface area contributed by atoms with E-state index in [1.54, 1.807) is 9.80 Å². The first-order valence-corrected chi connectivity index (χ1v) is 23.3. The molecule has 3 aromatic carbocycles. The van der Waals surface area contributed by atoms with E-state index in [9.17, 15) is 59.4 Å². The van der Waals surface area contributed by atoms with Crippen molar-refractivity contribution in [2.45, 2.75) is 88.8 Å². The number of thioether (sulfide) groups is 1. The zero-order valence-electron chi connectivity index (χ0n) is 37.5. The molecule has 0 spiro atoms. The Bertz CT molecular complexity index is 2560. The number of β-lactam (4-membered cyclic amide) rings is 1. The lowest BCUT2D eigenvalue weighted by molar-refractivity contribution is -0.385. The number of carbonyl (C=O) groups is 5. The fourth-order valence-corrected chi connectivity index (χ4v) is 10.9. The van der Waals surface area contributed by atoms with Crippen LogP contribution in [0.25, 0.3) is 0 Å². The number of nitrogens with zero attached hydrogens (tertiary/aromatic N) is 7. The van der Waals surface area contributed by atoms with E-state index < -0.39 is 74.1 Å². The van der Waals surface area contributed by atoms with Crippen LogP contribution in [0.1, 0.15) is 56.2 Å². The van der Waals surface area contributed by atoms with Gasteiger partial charge in [-0.15, -0.1) is 11.8 Å². The molecule has 1 aliphatic carbocycles. The van der Waals surface area contributed by atoms with Gasteiger partial charge in [0.05, 0.1) is 32.8 Å². The largest absolute Gasteiger partial charge is 0.456 e. The first kappa shape index (κ1) is 48.3. The lowest BCUT2D eigenvalue weighted by atomic mass is 9.79. The fourth-order valence-electron chi connectivity index (χ4n) is 9.41. The molecule has 7 atom stereocenters. The van der Waals surface area contributed by atoms with Gasteiger partial charge in [-0.1, -0.05) is 6.92 Å². The Morgan fingerprint density at radius 1 is 0.783 bits per heavy atom. The quantitative estimate of drug-likeness (QED) is 0.0559. The van der Waals surface area contributed by atoms with E-state index >= 15 is 0 Å². The molecule has 1 saturated carbocycles. The monoisotopic (exact) mass is 971 g/mol. The fraction of sp³-hybridized carbons (Fsp3) is 0.457. The number of fused-ring (bicyclic) bond motifs is 1. The molecular formula is C46H49N7O15S. The summed E-state index contributed by atoms with van der Waals surface area (Å²) >= 11 is 1.24. The van der Waals surface area contributed by atoms with Crippen LogP contribution in [0.3, 0.4) is 0 Å². The highest BCUT2D eigenvalue weighted by Crippen LogP contribution is 2.52. The summed E-state index contributed by atoms with van der Waals surface area (Å²) in [5.41, 5.74) is 1.14. The van der Waals surface area contributed by atoms with E-state index in [0.717, 1.165) is 12.8 Å². The highest BCUT2D eigenvalue weighted by Gasteiger charge is 2.61. The molecule has 23 heteroatoms. The normalized spacial score (nSPS) is 23.2. The van der Waals surface area contributed by atoms with Crippen molar-refractivity contribution >= 4 is 58.8 Å². The van der Waals surface area contributed by atoms with Crippen LogP contribution in [-0.4, -0.2) is 125 Å². The van der Waals surface area contributed by atoms with Crippen LogP contribution < -0.4 is 0 Å². The Hall–Kier alpha value is -7.14. The molecule has 0 radical (unpaired) electrons. The summed E-state index contributed by atoms with van der Waals surface area (Å²) in [4.78, 5) is 108. The average Bonchev–Trinajstić information content (AvgIpc) is 3.81. The number of carbonyl (C=O) groups excluding carboxylic acids is 5. The second-order valence-electron chi connectivity index (χ2n) is 17.9. The van der Waals surface area contributed by atoms with Crippen molar-refractivity contribution in [1.29, 1.82) is 0 Å². The van der Waals surface area contributed by atoms with Crippen LogP contribution in [0, 0.1) is 48.1 Å². The van der Waals surface area contributed by atoms with Crippen LogP contribution in [0.15, 0.2) is 83.4 Å². The van der Waals surface area contributed by atoms with Gasteiger partial charge in [-0.3, -0.25) is 44.8 Å². The van der Waals surface area contributed by atoms with Crippen molar-refractivity contribution in [3.05, 3.63) is 130 Å². The van der Waals surface area contributed by atoms with Crippen LogP contribution in [0.2, 0.25) is 0 Å². The van der Waals surface area contributed by atoms with Gasteiger partial charge in [0.1, 0.15) is 31.6 Å². The second kappa shape index (κ2) is 20.2. The Kier molecular flexibility index (Phi) is 14.2. The number of nitro benzene ring substituents is 3. The van der Waals surface area contributed by atoms with Gasteiger partial charge in [-0.2, -0.15) is 0 Å². The smallest absolute Gasteiger partial charge is 0.410 e. The van der Waals surface area contributed by atoms with Gasteiger partial charge in [0.25, 0.3) is 17.1 Å². The van der Waals surface area contributed by atoms with Gasteiger partial charge in [-0.05, 0) is 91.6 Å². The van der Waals surface area contributed by atoms with Crippen molar-refractivity contribution in [3.63, 3.8) is 0 Å². The number of hydrogen-bond donors (Lipinski definition) is 1. The summed E-state index contributed by atoms with van der Waals surface area (Å²) in [5.74, 6) is -3.01. The minimum absolute atomic E-state index is 0.00666. The van der Waals surface area contributed by atoms with Gasteiger partial charge in [0.2, 0.25) is 11.8 Å². The van der Waals surface area contributed by atoms with Crippen molar-refractivity contribution in [2.24, 2.45) is 17.8 Å². The van der Waals surface area contributed by atoms with Crippen molar-refractivity contribution < 1.29 is 58.1 Å². The Balaban J connectivity index is 0.980. The zero-order chi connectivity index (χ0) is 49.3. The van der Waals surface area contributed by atoms with Gasteiger partial charge < -0.3 is 34.0 Å². The molecule has 4 heterocycles. The molecule has 364 valence electrons. The standard InChI is InChI=1S/C46H49N7O15S/c1-26-39-38(27(2)54)43(56)50(39)40(44(57)66-23-28-3-9-33(10-4-28)51(60)61)41(26)69-36-19-37(49(22-36)46(59)68-25-30-7-13-35(14-8-30)53(64)65)42(55)47-18-17-31(20-47)21-48(32-15-16-32)45(58)67-24-29-5-11-34(12-6-29)52(62)63/h3-14,26-27,31-32,36-39,54H,15-25H2,1-2H3/t26-,27-,31+,36+,37+,38-,39-/m1/s1. The summed E-state index contributed by atoms with van der Waals surface area (Å²) in [5, 5.41) is 43.5. The SMILES string of the molecule is C[C@@H](O)[C@H]1C(=O)N2C(C(=O)OCc3ccc([N+](=O)[O-])cc3)=C(S[C@H]3C[C@@H](C(=O)N4CC[C@H](CN(C(=O)OCc5ccc([N+](=O)[O-])cc5)C5CC5)C4)N(C(=O)OCc4ccc([N+](=O)[O-])cc4)C3)[C@H](C)[C@H]12. The van der Waals surface area contributed by atoms with Crippen molar-refractivity contribution in [2.75, 3.05) is 26.2 Å². The number of non-ortho nitro benzene ring substituents is 3. The molecular weight excluding hydrogens is 923 g/mol. The molecule has 0 aromatic heterocycles. The molecule has 0 unspecified atom stereocenters. The van der Waals surface area contributed by atoms with Gasteiger partial charge in [-0.25, -0.2) is 14.4 Å². The summed E-state index contributed by atoms with van der Waals surface area (Å²) in [6, 6.07) is 15.0. The number of likely N-dealkylation sites (tertiary alicyclic amines) is 2. The minimum atomic E-state index is -1.02. The van der Waals surface area contributed by atoms with E-state index in [4.69, 9.17) is 14.2 Å². The summed E-state index contributed by atoms with van der Waals surface area (Å²) < 4.78 is 17.0. The lowest BCUT2D eigenvalue weighted by Crippen LogP contribution is -2.63. The molecule has 0 bridgehead atoms. The Morgan fingerprint density at radius 3 is 1.81 bits per heavy atom. The molecule has 69 heavy (non-hydrogen) atoms. The molecule has 1 N–H and O–H groups in total. The van der Waals surface area contributed by atoms with E-state index in [2.05, 4.69) is 0 Å². The molecule has 5 aliphatic rings. The first-order valence-electron chi connectivity index (χ1n) is 22.4. The second-order valence-corrected chi connectivity index (χ2v) is 19.2. The van der Waals surface area contributed by atoms with Gasteiger partial charge >= 0.3 is 18.2 Å².